The molecule has 0 fully saturated rings. The Kier molecular flexibility index (Phi) is 3.16. The van der Waals surface area contributed by atoms with E-state index in [-0.39, 0.29) is 5.41 Å². The highest BCUT2D eigenvalue weighted by Gasteiger charge is 2.13. The number of benzene rings is 2. The van der Waals surface area contributed by atoms with E-state index in [0.29, 0.717) is 5.75 Å². The van der Waals surface area contributed by atoms with E-state index >= 15 is 0 Å². The molecule has 0 radical (unpaired) electrons. The fourth-order valence-corrected chi connectivity index (χ4v) is 2.03. The maximum absolute atomic E-state index is 9.92. The summed E-state index contributed by atoms with van der Waals surface area (Å²) >= 11 is 0. The quantitative estimate of drug-likeness (QED) is 0.768. The SMILES string of the molecule is Cc1ccc(O)c(-c2ccc(C(C)(C)C)cc2)c1. The van der Waals surface area contributed by atoms with Gasteiger partial charge >= 0.3 is 0 Å². The Bertz CT molecular complexity index is 545. The summed E-state index contributed by atoms with van der Waals surface area (Å²) in [4.78, 5) is 0. The van der Waals surface area contributed by atoms with E-state index in [4.69, 9.17) is 0 Å². The third-order valence-corrected chi connectivity index (χ3v) is 3.21. The summed E-state index contributed by atoms with van der Waals surface area (Å²) in [6.45, 7) is 8.64. The summed E-state index contributed by atoms with van der Waals surface area (Å²) in [7, 11) is 0. The first-order chi connectivity index (χ1) is 8.38. The first-order valence-electron chi connectivity index (χ1n) is 6.28. The Morgan fingerprint density at radius 3 is 2.06 bits per heavy atom. The minimum atomic E-state index is 0.160. The number of aryl methyl sites for hydroxylation is 1. The zero-order valence-electron chi connectivity index (χ0n) is 11.5. The molecule has 0 unspecified atom stereocenters. The van der Waals surface area contributed by atoms with Gasteiger partial charge in [-0.1, -0.05) is 56.7 Å². The molecule has 1 nitrogen and oxygen atoms in total. The van der Waals surface area contributed by atoms with Crippen molar-refractivity contribution in [3.05, 3.63) is 53.6 Å². The van der Waals surface area contributed by atoms with Crippen molar-refractivity contribution in [1.82, 2.24) is 0 Å². The molecule has 1 N–H and O–H groups in total. The minimum absolute atomic E-state index is 0.160. The summed E-state index contributed by atoms with van der Waals surface area (Å²) in [5, 5.41) is 9.92. The summed E-state index contributed by atoms with van der Waals surface area (Å²) in [6, 6.07) is 14.1. The lowest BCUT2D eigenvalue weighted by Crippen LogP contribution is -2.10. The van der Waals surface area contributed by atoms with Crippen LogP contribution in [0.2, 0.25) is 0 Å². The van der Waals surface area contributed by atoms with Gasteiger partial charge in [-0.15, -0.1) is 0 Å². The Labute approximate surface area is 109 Å². The lowest BCUT2D eigenvalue weighted by atomic mass is 9.86. The van der Waals surface area contributed by atoms with Crippen LogP contribution in [-0.4, -0.2) is 5.11 Å². The van der Waals surface area contributed by atoms with Crippen molar-refractivity contribution in [1.29, 1.82) is 0 Å². The molecule has 2 rings (SSSR count). The summed E-state index contributed by atoms with van der Waals surface area (Å²) in [5.74, 6) is 0.337. The second-order valence-electron chi connectivity index (χ2n) is 5.85. The highest BCUT2D eigenvalue weighted by atomic mass is 16.3. The lowest BCUT2D eigenvalue weighted by Gasteiger charge is -2.19. The van der Waals surface area contributed by atoms with Crippen LogP contribution in [-0.2, 0) is 5.41 Å². The fraction of sp³-hybridized carbons (Fsp3) is 0.294. The van der Waals surface area contributed by atoms with E-state index in [2.05, 4.69) is 45.0 Å². The maximum atomic E-state index is 9.92. The van der Waals surface area contributed by atoms with Gasteiger partial charge < -0.3 is 5.11 Å². The Morgan fingerprint density at radius 2 is 1.50 bits per heavy atom. The normalized spacial score (nSPS) is 11.6. The number of phenolic OH excluding ortho intramolecular Hbond substituents is 1. The Morgan fingerprint density at radius 1 is 0.889 bits per heavy atom. The lowest BCUT2D eigenvalue weighted by molar-refractivity contribution is 0.477. The van der Waals surface area contributed by atoms with E-state index < -0.39 is 0 Å². The second-order valence-corrected chi connectivity index (χ2v) is 5.85. The van der Waals surface area contributed by atoms with E-state index in [1.54, 1.807) is 6.07 Å². The average Bonchev–Trinajstić information content (AvgIpc) is 2.31. The fourth-order valence-electron chi connectivity index (χ4n) is 2.03. The molecular formula is C17H20O. The predicted octanol–water partition coefficient (Wildman–Crippen LogP) is 4.67. The molecule has 0 aliphatic heterocycles. The van der Waals surface area contributed by atoms with Crippen LogP contribution in [0.1, 0.15) is 31.9 Å². The van der Waals surface area contributed by atoms with Gasteiger partial charge in [0.25, 0.3) is 0 Å². The zero-order valence-corrected chi connectivity index (χ0v) is 11.5. The standard InChI is InChI=1S/C17H20O/c1-12-5-10-16(18)15(11-12)13-6-8-14(9-7-13)17(2,3)4/h5-11,18H,1-4H3. The van der Waals surface area contributed by atoms with Gasteiger partial charge in [-0.2, -0.15) is 0 Å². The van der Waals surface area contributed by atoms with E-state index in [9.17, 15) is 5.11 Å². The van der Waals surface area contributed by atoms with Crippen LogP contribution in [0.25, 0.3) is 11.1 Å². The summed E-state index contributed by atoms with van der Waals surface area (Å²) in [5.41, 5.74) is 4.58. The van der Waals surface area contributed by atoms with E-state index in [0.717, 1.165) is 16.7 Å². The monoisotopic (exact) mass is 240 g/mol. The van der Waals surface area contributed by atoms with Crippen LogP contribution >= 0.6 is 0 Å². The summed E-state index contributed by atoms with van der Waals surface area (Å²) in [6.07, 6.45) is 0. The predicted molar refractivity (Wildman–Crippen MR) is 77.0 cm³/mol. The van der Waals surface area contributed by atoms with Gasteiger partial charge in [0.15, 0.2) is 0 Å². The molecule has 0 amide bonds. The van der Waals surface area contributed by atoms with Gasteiger partial charge in [-0.25, -0.2) is 0 Å². The molecule has 0 aliphatic carbocycles. The maximum Gasteiger partial charge on any atom is 0.123 e. The molecule has 0 spiro atoms. The van der Waals surface area contributed by atoms with Crippen LogP contribution in [0.4, 0.5) is 0 Å². The molecule has 0 aliphatic rings. The molecule has 0 atom stereocenters. The van der Waals surface area contributed by atoms with Crippen molar-refractivity contribution in [2.45, 2.75) is 33.1 Å². The first kappa shape index (κ1) is 12.7. The number of hydrogen-bond donors (Lipinski definition) is 1. The van der Waals surface area contributed by atoms with Gasteiger partial charge in [0, 0.05) is 5.56 Å². The first-order valence-corrected chi connectivity index (χ1v) is 6.28. The zero-order chi connectivity index (χ0) is 13.3. The van der Waals surface area contributed by atoms with Crippen molar-refractivity contribution in [3.8, 4) is 16.9 Å². The second kappa shape index (κ2) is 4.49. The molecule has 94 valence electrons. The third-order valence-electron chi connectivity index (χ3n) is 3.21. The van der Waals surface area contributed by atoms with Crippen molar-refractivity contribution >= 4 is 0 Å². The van der Waals surface area contributed by atoms with Gasteiger partial charge in [0.1, 0.15) is 5.75 Å². The van der Waals surface area contributed by atoms with Crippen LogP contribution in [0.5, 0.6) is 5.75 Å². The number of hydrogen-bond acceptors (Lipinski definition) is 1. The Hall–Kier alpha value is -1.76. The minimum Gasteiger partial charge on any atom is -0.507 e. The largest absolute Gasteiger partial charge is 0.507 e. The highest BCUT2D eigenvalue weighted by Crippen LogP contribution is 2.31. The smallest absolute Gasteiger partial charge is 0.123 e. The average molecular weight is 240 g/mol. The molecule has 0 aromatic heterocycles. The highest BCUT2D eigenvalue weighted by molar-refractivity contribution is 5.71. The number of aromatic hydroxyl groups is 1. The summed E-state index contributed by atoms with van der Waals surface area (Å²) < 4.78 is 0. The van der Waals surface area contributed by atoms with Crippen LogP contribution in [0.3, 0.4) is 0 Å². The van der Waals surface area contributed by atoms with Crippen molar-refractivity contribution in [2.75, 3.05) is 0 Å². The number of phenols is 1. The molecular weight excluding hydrogens is 220 g/mol. The van der Waals surface area contributed by atoms with Crippen molar-refractivity contribution in [3.63, 3.8) is 0 Å². The van der Waals surface area contributed by atoms with Crippen molar-refractivity contribution in [2.24, 2.45) is 0 Å². The van der Waals surface area contributed by atoms with Crippen molar-refractivity contribution < 1.29 is 5.11 Å². The molecule has 0 saturated carbocycles. The molecule has 18 heavy (non-hydrogen) atoms. The van der Waals surface area contributed by atoms with Gasteiger partial charge in [-0.05, 0) is 35.6 Å². The van der Waals surface area contributed by atoms with Crippen LogP contribution in [0, 0.1) is 6.92 Å². The van der Waals surface area contributed by atoms with E-state index in [1.807, 2.05) is 19.1 Å². The molecule has 2 aromatic rings. The molecule has 0 saturated heterocycles. The van der Waals surface area contributed by atoms with Gasteiger partial charge in [0.2, 0.25) is 0 Å². The van der Waals surface area contributed by atoms with Crippen LogP contribution in [0.15, 0.2) is 42.5 Å². The molecule has 1 heteroatoms. The third kappa shape index (κ3) is 2.56. The Balaban J connectivity index is 2.43. The molecule has 2 aromatic carbocycles. The topological polar surface area (TPSA) is 20.2 Å². The van der Waals surface area contributed by atoms with E-state index in [1.165, 1.54) is 5.56 Å². The molecule has 0 heterocycles. The van der Waals surface area contributed by atoms with Gasteiger partial charge in [-0.3, -0.25) is 0 Å². The number of rotatable bonds is 1. The van der Waals surface area contributed by atoms with Gasteiger partial charge in [0.05, 0.1) is 0 Å². The molecule has 0 bridgehead atoms. The van der Waals surface area contributed by atoms with Crippen LogP contribution < -0.4 is 0 Å².